The SMILES string of the molecule is O=C1CCC(C(=O)NCCOCc2ccccc2)NC(=O)N1. The molecule has 1 aliphatic rings. The molecule has 0 radical (unpaired) electrons. The smallest absolute Gasteiger partial charge is 0.322 e. The van der Waals surface area contributed by atoms with Crippen LogP contribution in [0.5, 0.6) is 0 Å². The Morgan fingerprint density at radius 1 is 1.27 bits per heavy atom. The van der Waals surface area contributed by atoms with E-state index < -0.39 is 12.1 Å². The Balaban J connectivity index is 1.65. The van der Waals surface area contributed by atoms with Gasteiger partial charge in [-0.15, -0.1) is 0 Å². The Kier molecular flexibility index (Phi) is 5.91. The zero-order chi connectivity index (χ0) is 15.8. The van der Waals surface area contributed by atoms with Gasteiger partial charge in [0, 0.05) is 13.0 Å². The molecular formula is C15H19N3O4. The molecule has 1 aromatic rings. The van der Waals surface area contributed by atoms with Gasteiger partial charge in [-0.1, -0.05) is 30.3 Å². The van der Waals surface area contributed by atoms with Crippen LogP contribution in [0.15, 0.2) is 30.3 Å². The summed E-state index contributed by atoms with van der Waals surface area (Å²) in [5.41, 5.74) is 1.06. The summed E-state index contributed by atoms with van der Waals surface area (Å²) in [5, 5.41) is 7.26. The van der Waals surface area contributed by atoms with Gasteiger partial charge < -0.3 is 15.4 Å². The Labute approximate surface area is 128 Å². The van der Waals surface area contributed by atoms with Crippen molar-refractivity contribution in [1.82, 2.24) is 16.0 Å². The van der Waals surface area contributed by atoms with E-state index >= 15 is 0 Å². The van der Waals surface area contributed by atoms with E-state index in [1.54, 1.807) is 0 Å². The zero-order valence-electron chi connectivity index (χ0n) is 12.1. The van der Waals surface area contributed by atoms with Crippen LogP contribution in [-0.4, -0.2) is 37.0 Å². The zero-order valence-corrected chi connectivity index (χ0v) is 12.1. The predicted molar refractivity (Wildman–Crippen MR) is 78.8 cm³/mol. The van der Waals surface area contributed by atoms with Crippen molar-refractivity contribution in [1.29, 1.82) is 0 Å². The molecule has 7 heteroatoms. The summed E-state index contributed by atoms with van der Waals surface area (Å²) in [4.78, 5) is 34.4. The average molecular weight is 305 g/mol. The van der Waals surface area contributed by atoms with E-state index in [0.29, 0.717) is 19.8 Å². The Hall–Kier alpha value is -2.41. The molecule has 0 aromatic heterocycles. The van der Waals surface area contributed by atoms with Crippen molar-refractivity contribution >= 4 is 17.8 Å². The van der Waals surface area contributed by atoms with E-state index in [9.17, 15) is 14.4 Å². The third kappa shape index (κ3) is 5.17. The number of hydrogen-bond donors (Lipinski definition) is 3. The fourth-order valence-corrected chi connectivity index (χ4v) is 2.06. The van der Waals surface area contributed by atoms with Gasteiger partial charge in [-0.3, -0.25) is 14.9 Å². The summed E-state index contributed by atoms with van der Waals surface area (Å²) >= 11 is 0. The average Bonchev–Trinajstić information content (AvgIpc) is 2.68. The van der Waals surface area contributed by atoms with Crippen LogP contribution in [0.3, 0.4) is 0 Å². The number of ether oxygens (including phenoxy) is 1. The Bertz CT molecular complexity index is 533. The first-order valence-corrected chi connectivity index (χ1v) is 7.15. The normalized spacial score (nSPS) is 18.1. The van der Waals surface area contributed by atoms with Crippen molar-refractivity contribution in [3.63, 3.8) is 0 Å². The quantitative estimate of drug-likeness (QED) is 0.659. The number of nitrogens with one attached hydrogen (secondary N) is 3. The maximum absolute atomic E-state index is 11.9. The number of rotatable bonds is 6. The van der Waals surface area contributed by atoms with Crippen LogP contribution in [0.4, 0.5) is 4.79 Å². The fraction of sp³-hybridized carbons (Fsp3) is 0.400. The van der Waals surface area contributed by atoms with Crippen molar-refractivity contribution < 1.29 is 19.1 Å². The lowest BCUT2D eigenvalue weighted by Crippen LogP contribution is -2.48. The summed E-state index contributed by atoms with van der Waals surface area (Å²) in [6.07, 6.45) is 0.426. The molecule has 2 rings (SSSR count). The van der Waals surface area contributed by atoms with Gasteiger partial charge in [0.15, 0.2) is 0 Å². The van der Waals surface area contributed by atoms with Crippen molar-refractivity contribution in [2.75, 3.05) is 13.2 Å². The molecule has 1 atom stereocenters. The highest BCUT2D eigenvalue weighted by molar-refractivity contribution is 5.98. The molecule has 0 bridgehead atoms. The van der Waals surface area contributed by atoms with Crippen LogP contribution in [0.1, 0.15) is 18.4 Å². The lowest BCUT2D eigenvalue weighted by atomic mass is 10.1. The largest absolute Gasteiger partial charge is 0.375 e. The molecule has 1 fully saturated rings. The molecule has 7 nitrogen and oxygen atoms in total. The molecule has 1 saturated heterocycles. The van der Waals surface area contributed by atoms with E-state index in [2.05, 4.69) is 16.0 Å². The molecule has 22 heavy (non-hydrogen) atoms. The van der Waals surface area contributed by atoms with Gasteiger partial charge in [0.25, 0.3) is 0 Å². The minimum atomic E-state index is -0.694. The maximum atomic E-state index is 11.9. The number of amides is 4. The van der Waals surface area contributed by atoms with Crippen molar-refractivity contribution in [2.45, 2.75) is 25.5 Å². The van der Waals surface area contributed by atoms with E-state index in [1.165, 1.54) is 0 Å². The second kappa shape index (κ2) is 8.14. The summed E-state index contributed by atoms with van der Waals surface area (Å²) in [5.74, 6) is -0.688. The minimum absolute atomic E-state index is 0.140. The monoisotopic (exact) mass is 305 g/mol. The topological polar surface area (TPSA) is 96.5 Å². The Morgan fingerprint density at radius 3 is 2.82 bits per heavy atom. The molecular weight excluding hydrogens is 286 g/mol. The van der Waals surface area contributed by atoms with Gasteiger partial charge in [-0.2, -0.15) is 0 Å². The standard InChI is InChI=1S/C15H19N3O4/c19-13-7-6-12(17-15(21)18-13)14(20)16-8-9-22-10-11-4-2-1-3-5-11/h1-5,12H,6-10H2,(H,16,20)(H2,17,18,19,21). The van der Waals surface area contributed by atoms with E-state index in [4.69, 9.17) is 4.74 Å². The first kappa shape index (κ1) is 16.0. The van der Waals surface area contributed by atoms with Crippen molar-refractivity contribution in [3.05, 3.63) is 35.9 Å². The molecule has 0 saturated carbocycles. The van der Waals surface area contributed by atoms with E-state index in [0.717, 1.165) is 5.56 Å². The number of benzene rings is 1. The second-order valence-corrected chi connectivity index (χ2v) is 4.94. The molecule has 4 amide bonds. The van der Waals surface area contributed by atoms with Gasteiger partial charge in [0.05, 0.1) is 13.2 Å². The fourth-order valence-electron chi connectivity index (χ4n) is 2.06. The number of urea groups is 1. The predicted octanol–water partition coefficient (Wildman–Crippen LogP) is 0.308. The van der Waals surface area contributed by atoms with Crippen molar-refractivity contribution in [2.24, 2.45) is 0 Å². The van der Waals surface area contributed by atoms with Crippen LogP contribution < -0.4 is 16.0 Å². The highest BCUT2D eigenvalue weighted by atomic mass is 16.5. The minimum Gasteiger partial charge on any atom is -0.375 e. The van der Waals surface area contributed by atoms with Crippen LogP contribution in [0, 0.1) is 0 Å². The lowest BCUT2D eigenvalue weighted by Gasteiger charge is -2.14. The number of carbonyl (C=O) groups excluding carboxylic acids is 3. The summed E-state index contributed by atoms with van der Waals surface area (Å²) in [7, 11) is 0. The number of carbonyl (C=O) groups is 3. The first-order valence-electron chi connectivity index (χ1n) is 7.15. The van der Waals surface area contributed by atoms with Crippen LogP contribution in [-0.2, 0) is 20.9 Å². The Morgan fingerprint density at radius 2 is 2.05 bits per heavy atom. The highest BCUT2D eigenvalue weighted by Crippen LogP contribution is 2.02. The van der Waals surface area contributed by atoms with Gasteiger partial charge in [0.1, 0.15) is 6.04 Å². The van der Waals surface area contributed by atoms with Gasteiger partial charge in [-0.25, -0.2) is 4.79 Å². The van der Waals surface area contributed by atoms with Crippen LogP contribution in [0.2, 0.25) is 0 Å². The second-order valence-electron chi connectivity index (χ2n) is 4.94. The summed E-state index contributed by atoms with van der Waals surface area (Å²) in [6.45, 7) is 1.20. The molecule has 1 heterocycles. The molecule has 1 unspecified atom stereocenters. The third-order valence-corrected chi connectivity index (χ3v) is 3.19. The van der Waals surface area contributed by atoms with Crippen molar-refractivity contribution in [3.8, 4) is 0 Å². The molecule has 0 aliphatic carbocycles. The van der Waals surface area contributed by atoms with Gasteiger partial charge in [0.2, 0.25) is 11.8 Å². The van der Waals surface area contributed by atoms with Crippen LogP contribution in [0.25, 0.3) is 0 Å². The molecule has 1 aliphatic heterocycles. The molecule has 1 aromatic carbocycles. The molecule has 118 valence electrons. The molecule has 3 N–H and O–H groups in total. The van der Waals surface area contributed by atoms with E-state index in [1.807, 2.05) is 30.3 Å². The third-order valence-electron chi connectivity index (χ3n) is 3.19. The van der Waals surface area contributed by atoms with Gasteiger partial charge in [-0.05, 0) is 12.0 Å². The van der Waals surface area contributed by atoms with E-state index in [-0.39, 0.29) is 24.7 Å². The summed E-state index contributed by atoms with van der Waals surface area (Å²) < 4.78 is 5.45. The van der Waals surface area contributed by atoms with Gasteiger partial charge >= 0.3 is 6.03 Å². The summed E-state index contributed by atoms with van der Waals surface area (Å²) in [6, 6.07) is 8.40. The lowest BCUT2D eigenvalue weighted by molar-refractivity contribution is -0.123. The first-order chi connectivity index (χ1) is 10.6. The van der Waals surface area contributed by atoms with Crippen LogP contribution >= 0.6 is 0 Å². The molecule has 0 spiro atoms. The highest BCUT2D eigenvalue weighted by Gasteiger charge is 2.25. The number of hydrogen-bond acceptors (Lipinski definition) is 4. The maximum Gasteiger partial charge on any atom is 0.322 e. The number of imide groups is 1.